The van der Waals surface area contributed by atoms with Crippen molar-refractivity contribution in [1.82, 2.24) is 0 Å². The summed E-state index contributed by atoms with van der Waals surface area (Å²) in [5.41, 5.74) is 0.572. The molecular formula is C13H14ClNO3. The van der Waals surface area contributed by atoms with Gasteiger partial charge in [-0.15, -0.1) is 0 Å². The molecule has 0 spiro atoms. The molecule has 0 bridgehead atoms. The zero-order valence-electron chi connectivity index (χ0n) is 9.73. The van der Waals surface area contributed by atoms with Gasteiger partial charge in [-0.05, 0) is 31.4 Å². The molecule has 2 N–H and O–H groups in total. The quantitative estimate of drug-likeness (QED) is 0.885. The first-order chi connectivity index (χ1) is 8.58. The van der Waals surface area contributed by atoms with Crippen LogP contribution in [0.3, 0.4) is 0 Å². The minimum absolute atomic E-state index is 0.146. The minimum atomic E-state index is -0.817. The highest BCUT2D eigenvalue weighted by Crippen LogP contribution is 2.32. The summed E-state index contributed by atoms with van der Waals surface area (Å²) < 4.78 is 0. The third-order valence-corrected chi connectivity index (χ3v) is 3.61. The molecule has 5 heteroatoms. The topological polar surface area (TPSA) is 66.4 Å². The van der Waals surface area contributed by atoms with Crippen LogP contribution in [0.25, 0.3) is 0 Å². The molecule has 1 fully saturated rings. The van der Waals surface area contributed by atoms with E-state index in [0.717, 1.165) is 0 Å². The van der Waals surface area contributed by atoms with Crippen molar-refractivity contribution in [3.8, 4) is 0 Å². The lowest BCUT2D eigenvalue weighted by molar-refractivity contribution is -0.141. The highest BCUT2D eigenvalue weighted by molar-refractivity contribution is 6.33. The van der Waals surface area contributed by atoms with Gasteiger partial charge in [-0.25, -0.2) is 0 Å². The average molecular weight is 268 g/mol. The summed E-state index contributed by atoms with van der Waals surface area (Å²) >= 11 is 5.95. The summed E-state index contributed by atoms with van der Waals surface area (Å²) in [6.07, 6.45) is 1.59. The summed E-state index contributed by atoms with van der Waals surface area (Å²) in [7, 11) is 0. The van der Waals surface area contributed by atoms with Crippen molar-refractivity contribution in [3.05, 3.63) is 29.3 Å². The maximum atomic E-state index is 12.0. The number of nitrogens with one attached hydrogen (secondary N) is 1. The molecule has 0 aromatic heterocycles. The Bertz CT molecular complexity index is 475. The Balaban J connectivity index is 1.98. The van der Waals surface area contributed by atoms with E-state index in [1.807, 2.05) is 0 Å². The summed E-state index contributed by atoms with van der Waals surface area (Å²) in [5, 5.41) is 12.1. The number of aliphatic carboxylic acids is 1. The summed E-state index contributed by atoms with van der Waals surface area (Å²) in [5.74, 6) is -1.59. The van der Waals surface area contributed by atoms with Gasteiger partial charge in [-0.2, -0.15) is 0 Å². The fourth-order valence-corrected chi connectivity index (χ4v) is 2.42. The molecule has 0 saturated heterocycles. The molecule has 4 nitrogen and oxygen atoms in total. The van der Waals surface area contributed by atoms with Crippen molar-refractivity contribution in [3.63, 3.8) is 0 Å². The number of carbonyl (C=O) groups excluding carboxylic acids is 1. The van der Waals surface area contributed by atoms with Crippen LogP contribution in [0, 0.1) is 11.8 Å². The molecule has 1 amide bonds. The third-order valence-electron chi connectivity index (χ3n) is 3.28. The largest absolute Gasteiger partial charge is 0.481 e. The smallest absolute Gasteiger partial charge is 0.306 e. The molecule has 1 aliphatic carbocycles. The van der Waals surface area contributed by atoms with Gasteiger partial charge in [0.1, 0.15) is 0 Å². The molecule has 0 aliphatic heterocycles. The first-order valence-corrected chi connectivity index (χ1v) is 6.24. The second-order valence-electron chi connectivity index (χ2n) is 4.51. The third kappa shape index (κ3) is 2.82. The number of halogens is 1. The molecular weight excluding hydrogens is 254 g/mol. The molecule has 1 saturated carbocycles. The number of rotatable bonds is 3. The molecule has 2 rings (SSSR count). The normalized spacial score (nSPS) is 22.7. The van der Waals surface area contributed by atoms with Crippen LogP contribution in [-0.4, -0.2) is 17.0 Å². The van der Waals surface area contributed by atoms with Gasteiger partial charge in [0.25, 0.3) is 0 Å². The van der Waals surface area contributed by atoms with Gasteiger partial charge in [0.05, 0.1) is 16.6 Å². The van der Waals surface area contributed by atoms with Crippen LogP contribution >= 0.6 is 11.6 Å². The van der Waals surface area contributed by atoms with Gasteiger partial charge in [0, 0.05) is 5.92 Å². The second-order valence-corrected chi connectivity index (χ2v) is 4.92. The average Bonchev–Trinajstić information content (AvgIpc) is 2.81. The summed E-state index contributed by atoms with van der Waals surface area (Å²) in [6.45, 7) is 0. The number of para-hydroxylation sites is 1. The molecule has 2 atom stereocenters. The zero-order valence-corrected chi connectivity index (χ0v) is 10.5. The SMILES string of the molecule is O=C(O)C1CCC(C(=O)Nc2ccccc2Cl)C1. The monoisotopic (exact) mass is 267 g/mol. The van der Waals surface area contributed by atoms with E-state index in [4.69, 9.17) is 16.7 Å². The maximum absolute atomic E-state index is 12.0. The van der Waals surface area contributed by atoms with Gasteiger partial charge < -0.3 is 10.4 Å². The lowest BCUT2D eigenvalue weighted by Crippen LogP contribution is -2.21. The Morgan fingerprint density at radius 1 is 1.22 bits per heavy atom. The van der Waals surface area contributed by atoms with Crippen LogP contribution in [-0.2, 0) is 9.59 Å². The molecule has 96 valence electrons. The molecule has 2 unspecified atom stereocenters. The van der Waals surface area contributed by atoms with Crippen molar-refractivity contribution >= 4 is 29.2 Å². The minimum Gasteiger partial charge on any atom is -0.481 e. The van der Waals surface area contributed by atoms with E-state index in [0.29, 0.717) is 30.0 Å². The standard InChI is InChI=1S/C13H14ClNO3/c14-10-3-1-2-4-11(10)15-12(16)8-5-6-9(7-8)13(17)18/h1-4,8-9H,5-7H2,(H,15,16)(H,17,18). The fraction of sp³-hybridized carbons (Fsp3) is 0.385. The lowest BCUT2D eigenvalue weighted by Gasteiger charge is -2.11. The maximum Gasteiger partial charge on any atom is 0.306 e. The Morgan fingerprint density at radius 2 is 1.89 bits per heavy atom. The number of carbonyl (C=O) groups is 2. The first kappa shape index (κ1) is 12.9. The number of hydrogen-bond acceptors (Lipinski definition) is 2. The Kier molecular flexibility index (Phi) is 3.87. The summed E-state index contributed by atoms with van der Waals surface area (Å²) in [6, 6.07) is 7.00. The Hall–Kier alpha value is -1.55. The number of carboxylic acid groups (broad SMARTS) is 1. The number of carboxylic acids is 1. The van der Waals surface area contributed by atoms with E-state index in [1.54, 1.807) is 24.3 Å². The second kappa shape index (κ2) is 5.40. The summed E-state index contributed by atoms with van der Waals surface area (Å²) in [4.78, 5) is 22.8. The lowest BCUT2D eigenvalue weighted by atomic mass is 10.0. The molecule has 18 heavy (non-hydrogen) atoms. The predicted octanol–water partition coefficient (Wildman–Crippen LogP) is 2.78. The predicted molar refractivity (Wildman–Crippen MR) is 68.5 cm³/mol. The van der Waals surface area contributed by atoms with Crippen molar-refractivity contribution in [2.24, 2.45) is 11.8 Å². The van der Waals surface area contributed by atoms with Crippen LogP contribution in [0.4, 0.5) is 5.69 Å². The molecule has 1 aromatic carbocycles. The van der Waals surface area contributed by atoms with Gasteiger partial charge >= 0.3 is 5.97 Å². The van der Waals surface area contributed by atoms with E-state index in [9.17, 15) is 9.59 Å². The fourth-order valence-electron chi connectivity index (χ4n) is 2.24. The van der Waals surface area contributed by atoms with Crippen LogP contribution in [0.1, 0.15) is 19.3 Å². The number of amides is 1. The number of benzene rings is 1. The van der Waals surface area contributed by atoms with Crippen molar-refractivity contribution in [2.75, 3.05) is 5.32 Å². The zero-order chi connectivity index (χ0) is 13.1. The highest BCUT2D eigenvalue weighted by Gasteiger charge is 2.33. The van der Waals surface area contributed by atoms with Crippen molar-refractivity contribution in [2.45, 2.75) is 19.3 Å². The van der Waals surface area contributed by atoms with Crippen LogP contribution in [0.15, 0.2) is 24.3 Å². The van der Waals surface area contributed by atoms with E-state index >= 15 is 0 Å². The van der Waals surface area contributed by atoms with Crippen LogP contribution in [0.2, 0.25) is 5.02 Å². The molecule has 0 radical (unpaired) electrons. The van der Waals surface area contributed by atoms with Crippen molar-refractivity contribution in [1.29, 1.82) is 0 Å². The number of anilines is 1. The van der Waals surface area contributed by atoms with Gasteiger partial charge in [-0.3, -0.25) is 9.59 Å². The van der Waals surface area contributed by atoms with Crippen molar-refractivity contribution < 1.29 is 14.7 Å². The van der Waals surface area contributed by atoms with E-state index in [-0.39, 0.29) is 11.8 Å². The molecule has 1 aromatic rings. The van der Waals surface area contributed by atoms with E-state index in [2.05, 4.69) is 5.32 Å². The van der Waals surface area contributed by atoms with Gasteiger partial charge in [-0.1, -0.05) is 23.7 Å². The number of hydrogen-bond donors (Lipinski definition) is 2. The molecule has 0 heterocycles. The molecule has 1 aliphatic rings. The van der Waals surface area contributed by atoms with Crippen LogP contribution < -0.4 is 5.32 Å². The van der Waals surface area contributed by atoms with Crippen LogP contribution in [0.5, 0.6) is 0 Å². The van der Waals surface area contributed by atoms with E-state index < -0.39 is 11.9 Å². The first-order valence-electron chi connectivity index (χ1n) is 5.86. The van der Waals surface area contributed by atoms with Gasteiger partial charge in [0.15, 0.2) is 0 Å². The Labute approximate surface area is 110 Å². The highest BCUT2D eigenvalue weighted by atomic mass is 35.5. The Morgan fingerprint density at radius 3 is 2.50 bits per heavy atom. The van der Waals surface area contributed by atoms with Gasteiger partial charge in [0.2, 0.25) is 5.91 Å². The van der Waals surface area contributed by atoms with E-state index in [1.165, 1.54) is 0 Å².